The molecule has 36 heavy (non-hydrogen) atoms. The van der Waals surface area contributed by atoms with Gasteiger partial charge in [0.15, 0.2) is 0 Å². The normalized spacial score (nSPS) is 12.8. The number of hydrogen-bond acceptors (Lipinski definition) is 2. The van der Waals surface area contributed by atoms with Gasteiger partial charge in [-0.05, 0) is 86.8 Å². The maximum absolute atomic E-state index is 13.1. The van der Waals surface area contributed by atoms with Gasteiger partial charge in [-0.1, -0.05) is 98.5 Å². The average Bonchev–Trinajstić information content (AvgIpc) is 2.84. The minimum Gasteiger partial charge on any atom is -0.299 e. The maximum Gasteiger partial charge on any atom is 0.141 e. The molecule has 0 fully saturated rings. The first-order chi connectivity index (χ1) is 17.3. The molecule has 0 aromatic heterocycles. The third kappa shape index (κ3) is 6.60. The van der Waals surface area contributed by atoms with E-state index in [1.54, 1.807) is 13.8 Å². The smallest absolute Gasteiger partial charge is 0.141 e. The minimum atomic E-state index is -0.331. The van der Waals surface area contributed by atoms with E-state index < -0.39 is 0 Å². The highest BCUT2D eigenvalue weighted by Crippen LogP contribution is 2.35. The summed E-state index contributed by atoms with van der Waals surface area (Å²) in [6.45, 7) is 12.0. The fraction of sp³-hybridized carbons (Fsp3) is 0.412. The van der Waals surface area contributed by atoms with Crippen LogP contribution in [0.3, 0.4) is 0 Å². The summed E-state index contributed by atoms with van der Waals surface area (Å²) < 4.78 is 0. The van der Waals surface area contributed by atoms with Crippen molar-refractivity contribution in [3.05, 3.63) is 105 Å². The van der Waals surface area contributed by atoms with Gasteiger partial charge in [0.05, 0.1) is 11.8 Å². The summed E-state index contributed by atoms with van der Waals surface area (Å²) in [4.78, 5) is 26.2. The number of Topliss-reactive ketones (excluding diaryl/α,β-unsaturated/α-hetero) is 2. The van der Waals surface area contributed by atoms with Crippen molar-refractivity contribution in [2.45, 2.75) is 91.9 Å². The Morgan fingerprint density at radius 2 is 1.06 bits per heavy atom. The molecule has 0 spiro atoms. The van der Waals surface area contributed by atoms with Gasteiger partial charge in [0.25, 0.3) is 0 Å². The topological polar surface area (TPSA) is 34.1 Å². The van der Waals surface area contributed by atoms with E-state index in [4.69, 9.17) is 0 Å². The second-order valence-electron chi connectivity index (χ2n) is 10.4. The molecule has 0 bridgehead atoms. The second kappa shape index (κ2) is 12.8. The number of hydrogen-bond donors (Lipinski definition) is 0. The Morgan fingerprint density at radius 3 is 1.42 bits per heavy atom. The van der Waals surface area contributed by atoms with Crippen LogP contribution in [0.2, 0.25) is 0 Å². The predicted octanol–water partition coefficient (Wildman–Crippen LogP) is 8.43. The Bertz CT molecular complexity index is 1110. The van der Waals surface area contributed by atoms with E-state index in [0.29, 0.717) is 0 Å². The van der Waals surface area contributed by atoms with Crippen LogP contribution in [-0.4, -0.2) is 11.6 Å². The van der Waals surface area contributed by atoms with Gasteiger partial charge in [-0.15, -0.1) is 0 Å². The van der Waals surface area contributed by atoms with Crippen LogP contribution in [0.15, 0.2) is 60.7 Å². The number of ketones is 2. The Balaban J connectivity index is 2.11. The third-order valence-corrected chi connectivity index (χ3v) is 7.21. The average molecular weight is 483 g/mol. The number of unbranched alkanes of at least 4 members (excludes halogenated alkanes) is 2. The second-order valence-corrected chi connectivity index (χ2v) is 10.4. The molecule has 0 aliphatic carbocycles. The van der Waals surface area contributed by atoms with Gasteiger partial charge >= 0.3 is 0 Å². The molecule has 0 radical (unpaired) electrons. The predicted molar refractivity (Wildman–Crippen MR) is 151 cm³/mol. The standard InChI is InChI=1S/C34H42O2/c1-7-9-12-27-20-23(3)16-18-31(27)33(25(5)35)29-14-11-15-30(22-29)34(26(6)36)32-19-17-24(4)21-28(32)13-10-8-2/h11,14-22,33-34H,7-10,12-13H2,1-6H3. The fourth-order valence-corrected chi connectivity index (χ4v) is 5.38. The van der Waals surface area contributed by atoms with Gasteiger partial charge in [0.1, 0.15) is 11.6 Å². The number of aryl methyl sites for hydroxylation is 4. The van der Waals surface area contributed by atoms with Crippen LogP contribution in [0.25, 0.3) is 0 Å². The van der Waals surface area contributed by atoms with Crippen molar-refractivity contribution in [1.29, 1.82) is 0 Å². The molecule has 0 amide bonds. The van der Waals surface area contributed by atoms with Gasteiger partial charge in [0, 0.05) is 0 Å². The minimum absolute atomic E-state index is 0.132. The van der Waals surface area contributed by atoms with E-state index in [-0.39, 0.29) is 23.4 Å². The monoisotopic (exact) mass is 482 g/mol. The molecule has 0 heterocycles. The van der Waals surface area contributed by atoms with Gasteiger partial charge < -0.3 is 0 Å². The fourth-order valence-electron chi connectivity index (χ4n) is 5.38. The number of benzene rings is 3. The van der Waals surface area contributed by atoms with Crippen molar-refractivity contribution in [1.82, 2.24) is 0 Å². The lowest BCUT2D eigenvalue weighted by molar-refractivity contribution is -0.118. The molecule has 3 aromatic rings. The summed E-state index contributed by atoms with van der Waals surface area (Å²) in [5, 5.41) is 0. The van der Waals surface area contributed by atoms with Crippen LogP contribution in [0.4, 0.5) is 0 Å². The highest BCUT2D eigenvalue weighted by atomic mass is 16.1. The van der Waals surface area contributed by atoms with Crippen molar-refractivity contribution >= 4 is 11.6 Å². The zero-order valence-electron chi connectivity index (χ0n) is 23.0. The Morgan fingerprint density at radius 1 is 0.639 bits per heavy atom. The molecular formula is C34H42O2. The number of carbonyl (C=O) groups is 2. The van der Waals surface area contributed by atoms with Gasteiger partial charge in [0.2, 0.25) is 0 Å². The van der Waals surface area contributed by atoms with Crippen LogP contribution < -0.4 is 0 Å². The van der Waals surface area contributed by atoms with Crippen molar-refractivity contribution < 1.29 is 9.59 Å². The van der Waals surface area contributed by atoms with Crippen LogP contribution in [0.1, 0.15) is 110 Å². The molecule has 0 aliphatic heterocycles. The quantitative estimate of drug-likeness (QED) is 0.259. The molecule has 0 saturated carbocycles. The Labute approximate surface area is 218 Å². The van der Waals surface area contributed by atoms with Gasteiger partial charge in [-0.25, -0.2) is 0 Å². The van der Waals surface area contributed by atoms with E-state index in [1.807, 2.05) is 18.2 Å². The highest BCUT2D eigenvalue weighted by Gasteiger charge is 2.26. The summed E-state index contributed by atoms with van der Waals surface area (Å²) >= 11 is 0. The first-order valence-corrected chi connectivity index (χ1v) is 13.6. The van der Waals surface area contributed by atoms with Gasteiger partial charge in [-0.3, -0.25) is 9.59 Å². The summed E-state index contributed by atoms with van der Waals surface area (Å²) in [5.74, 6) is -0.399. The van der Waals surface area contributed by atoms with E-state index in [9.17, 15) is 9.59 Å². The molecule has 3 aromatic carbocycles. The van der Waals surface area contributed by atoms with Crippen molar-refractivity contribution in [3.8, 4) is 0 Å². The lowest BCUT2D eigenvalue weighted by Gasteiger charge is -2.23. The van der Waals surface area contributed by atoms with Crippen LogP contribution in [0, 0.1) is 13.8 Å². The molecule has 0 aliphatic rings. The lowest BCUT2D eigenvalue weighted by Crippen LogP contribution is -2.16. The summed E-state index contributed by atoms with van der Waals surface area (Å²) in [6.07, 6.45) is 6.37. The molecule has 2 nitrogen and oxygen atoms in total. The molecule has 0 N–H and O–H groups in total. The van der Waals surface area contributed by atoms with E-state index in [2.05, 4.69) is 70.2 Å². The highest BCUT2D eigenvalue weighted by molar-refractivity contribution is 5.89. The summed E-state index contributed by atoms with van der Waals surface area (Å²) in [6, 6.07) is 21.1. The SMILES string of the molecule is CCCCc1cc(C)ccc1C(C(C)=O)c1cccc(C(C(C)=O)c2ccc(C)cc2CCCC)c1. The molecule has 3 rings (SSSR count). The molecule has 2 unspecified atom stereocenters. The summed E-state index contributed by atoms with van der Waals surface area (Å²) in [5.41, 5.74) is 9.07. The zero-order chi connectivity index (χ0) is 26.2. The van der Waals surface area contributed by atoms with Crippen LogP contribution in [0.5, 0.6) is 0 Å². The molecule has 2 atom stereocenters. The van der Waals surface area contributed by atoms with Crippen LogP contribution >= 0.6 is 0 Å². The van der Waals surface area contributed by atoms with E-state index in [1.165, 1.54) is 22.3 Å². The molecule has 0 saturated heterocycles. The molecule has 190 valence electrons. The maximum atomic E-state index is 13.1. The van der Waals surface area contributed by atoms with Crippen LogP contribution in [-0.2, 0) is 22.4 Å². The van der Waals surface area contributed by atoms with E-state index >= 15 is 0 Å². The zero-order valence-corrected chi connectivity index (χ0v) is 23.0. The first-order valence-electron chi connectivity index (χ1n) is 13.6. The third-order valence-electron chi connectivity index (χ3n) is 7.21. The molecular weight excluding hydrogens is 440 g/mol. The van der Waals surface area contributed by atoms with Crippen molar-refractivity contribution in [2.24, 2.45) is 0 Å². The number of carbonyl (C=O) groups excluding carboxylic acids is 2. The first kappa shape index (κ1) is 27.6. The lowest BCUT2D eigenvalue weighted by atomic mass is 9.79. The summed E-state index contributed by atoms with van der Waals surface area (Å²) in [7, 11) is 0. The number of rotatable bonds is 12. The Hall–Kier alpha value is -3.00. The Kier molecular flexibility index (Phi) is 9.81. The van der Waals surface area contributed by atoms with Crippen molar-refractivity contribution in [3.63, 3.8) is 0 Å². The van der Waals surface area contributed by atoms with Crippen molar-refractivity contribution in [2.75, 3.05) is 0 Å². The largest absolute Gasteiger partial charge is 0.299 e. The van der Waals surface area contributed by atoms with Gasteiger partial charge in [-0.2, -0.15) is 0 Å². The van der Waals surface area contributed by atoms with E-state index in [0.717, 1.165) is 60.8 Å². The molecule has 2 heteroatoms.